The summed E-state index contributed by atoms with van der Waals surface area (Å²) in [6.07, 6.45) is 1.66. The Hall–Kier alpha value is -2.23. The lowest BCUT2D eigenvalue weighted by Gasteiger charge is -2.07. The second kappa shape index (κ2) is 4.10. The minimum Gasteiger partial charge on any atom is -0.495 e. The van der Waals surface area contributed by atoms with Crippen molar-refractivity contribution in [3.63, 3.8) is 0 Å². The fourth-order valence-electron chi connectivity index (χ4n) is 1.48. The van der Waals surface area contributed by atoms with Crippen LogP contribution in [0.15, 0.2) is 41.3 Å². The summed E-state index contributed by atoms with van der Waals surface area (Å²) >= 11 is 0. The van der Waals surface area contributed by atoms with Crippen molar-refractivity contribution in [2.45, 2.75) is 0 Å². The minimum absolute atomic E-state index is 0.119. The third-order valence-electron chi connectivity index (χ3n) is 2.35. The summed E-state index contributed by atoms with van der Waals surface area (Å²) in [6, 6.07) is 8.73. The number of nitrogens with one attached hydrogen (secondary N) is 1. The smallest absolute Gasteiger partial charge is 0.247 e. The fourth-order valence-corrected chi connectivity index (χ4v) is 1.48. The lowest BCUT2D eigenvalue weighted by Crippen LogP contribution is -2.01. The average Bonchev–Trinajstić information content (AvgIpc) is 2.31. The van der Waals surface area contributed by atoms with Gasteiger partial charge < -0.3 is 15.5 Å². The Labute approximate surface area is 92.7 Å². The molecule has 1 aromatic heterocycles. The number of methoxy groups -OCH3 is 1. The largest absolute Gasteiger partial charge is 0.495 e. The average molecular weight is 216 g/mol. The van der Waals surface area contributed by atoms with Gasteiger partial charge in [-0.15, -0.1) is 0 Å². The van der Waals surface area contributed by atoms with Crippen LogP contribution in [-0.2, 0) is 0 Å². The standard InChI is InChI=1S/C12H12N2O2/c1-16-11-6-8(2-4-10(11)13)9-3-5-12(15)14-7-9/h2-7H,13H2,1H3,(H,14,15). The zero-order valence-electron chi connectivity index (χ0n) is 8.86. The highest BCUT2D eigenvalue weighted by Gasteiger charge is 2.02. The number of pyridine rings is 1. The highest BCUT2D eigenvalue weighted by molar-refractivity contribution is 5.69. The SMILES string of the molecule is COc1cc(-c2ccc(=O)[nH]c2)ccc1N. The lowest BCUT2D eigenvalue weighted by atomic mass is 10.1. The van der Waals surface area contributed by atoms with E-state index in [0.717, 1.165) is 11.1 Å². The summed E-state index contributed by atoms with van der Waals surface area (Å²) in [5.41, 5.74) is 8.05. The van der Waals surface area contributed by atoms with Gasteiger partial charge in [0.25, 0.3) is 0 Å². The van der Waals surface area contributed by atoms with Crippen molar-refractivity contribution in [2.75, 3.05) is 12.8 Å². The molecule has 0 fully saturated rings. The molecule has 0 aliphatic rings. The van der Waals surface area contributed by atoms with E-state index in [1.807, 2.05) is 12.1 Å². The summed E-state index contributed by atoms with van der Waals surface area (Å²) in [5.74, 6) is 0.628. The number of aromatic nitrogens is 1. The summed E-state index contributed by atoms with van der Waals surface area (Å²) in [4.78, 5) is 13.6. The van der Waals surface area contributed by atoms with Crippen molar-refractivity contribution in [3.05, 3.63) is 46.9 Å². The molecule has 0 aliphatic heterocycles. The second-order valence-corrected chi connectivity index (χ2v) is 3.40. The molecule has 0 spiro atoms. The van der Waals surface area contributed by atoms with Gasteiger partial charge in [0.1, 0.15) is 5.75 Å². The molecule has 4 heteroatoms. The lowest BCUT2D eigenvalue weighted by molar-refractivity contribution is 0.417. The van der Waals surface area contributed by atoms with Crippen LogP contribution in [0.4, 0.5) is 5.69 Å². The van der Waals surface area contributed by atoms with E-state index in [9.17, 15) is 4.79 Å². The molecule has 2 aromatic rings. The number of rotatable bonds is 2. The molecule has 0 saturated carbocycles. The highest BCUT2D eigenvalue weighted by Crippen LogP contribution is 2.27. The van der Waals surface area contributed by atoms with Gasteiger partial charge >= 0.3 is 0 Å². The molecule has 3 N–H and O–H groups in total. The number of hydrogen-bond donors (Lipinski definition) is 2. The summed E-state index contributed by atoms with van der Waals surface area (Å²) in [7, 11) is 1.57. The normalized spacial score (nSPS) is 10.1. The van der Waals surface area contributed by atoms with Gasteiger partial charge in [-0.1, -0.05) is 6.07 Å². The van der Waals surface area contributed by atoms with E-state index in [4.69, 9.17) is 10.5 Å². The van der Waals surface area contributed by atoms with Gasteiger partial charge in [0.05, 0.1) is 12.8 Å². The van der Waals surface area contributed by atoms with Crippen LogP contribution in [0.3, 0.4) is 0 Å². The predicted molar refractivity (Wildman–Crippen MR) is 63.5 cm³/mol. The third-order valence-corrected chi connectivity index (χ3v) is 2.35. The molecule has 0 aliphatic carbocycles. The maximum atomic E-state index is 10.9. The molecule has 2 rings (SSSR count). The summed E-state index contributed by atoms with van der Waals surface area (Å²) in [6.45, 7) is 0. The van der Waals surface area contributed by atoms with Gasteiger partial charge in [0.15, 0.2) is 0 Å². The third kappa shape index (κ3) is 1.91. The number of anilines is 1. The molecule has 0 unspecified atom stereocenters. The Morgan fingerprint density at radius 1 is 1.19 bits per heavy atom. The predicted octanol–water partition coefficient (Wildman–Crippen LogP) is 1.63. The monoisotopic (exact) mass is 216 g/mol. The molecule has 0 radical (unpaired) electrons. The summed E-state index contributed by atoms with van der Waals surface area (Å²) in [5, 5.41) is 0. The Morgan fingerprint density at radius 3 is 2.56 bits per heavy atom. The molecule has 0 bridgehead atoms. The van der Waals surface area contributed by atoms with Crippen molar-refractivity contribution in [1.29, 1.82) is 0 Å². The van der Waals surface area contributed by atoms with Crippen LogP contribution >= 0.6 is 0 Å². The molecule has 0 saturated heterocycles. The van der Waals surface area contributed by atoms with Gasteiger partial charge in [-0.05, 0) is 29.3 Å². The first kappa shape index (κ1) is 10.3. The number of aromatic amines is 1. The van der Waals surface area contributed by atoms with Crippen LogP contribution in [0.1, 0.15) is 0 Å². The van der Waals surface area contributed by atoms with Crippen LogP contribution in [0.5, 0.6) is 5.75 Å². The van der Waals surface area contributed by atoms with Crippen molar-refractivity contribution in [1.82, 2.24) is 4.98 Å². The maximum Gasteiger partial charge on any atom is 0.247 e. The number of hydrogen-bond acceptors (Lipinski definition) is 3. The highest BCUT2D eigenvalue weighted by atomic mass is 16.5. The number of nitrogen functional groups attached to an aromatic ring is 1. The van der Waals surface area contributed by atoms with Crippen molar-refractivity contribution >= 4 is 5.69 Å². The van der Waals surface area contributed by atoms with E-state index < -0.39 is 0 Å². The van der Waals surface area contributed by atoms with E-state index in [2.05, 4.69) is 4.98 Å². The molecular formula is C12H12N2O2. The molecule has 82 valence electrons. The van der Waals surface area contributed by atoms with Gasteiger partial charge in [-0.2, -0.15) is 0 Å². The molecular weight excluding hydrogens is 204 g/mol. The van der Waals surface area contributed by atoms with E-state index >= 15 is 0 Å². The molecule has 1 heterocycles. The Bertz CT molecular complexity index is 541. The Kier molecular flexibility index (Phi) is 2.64. The van der Waals surface area contributed by atoms with E-state index in [1.54, 1.807) is 25.4 Å². The molecule has 0 atom stereocenters. The molecule has 4 nitrogen and oxygen atoms in total. The second-order valence-electron chi connectivity index (χ2n) is 3.40. The Balaban J connectivity index is 2.48. The number of nitrogens with two attached hydrogens (primary N) is 1. The minimum atomic E-state index is -0.119. The van der Waals surface area contributed by atoms with Crippen molar-refractivity contribution < 1.29 is 4.74 Å². The van der Waals surface area contributed by atoms with Crippen LogP contribution in [0.2, 0.25) is 0 Å². The zero-order valence-corrected chi connectivity index (χ0v) is 8.86. The van der Waals surface area contributed by atoms with Gasteiger partial charge in [0.2, 0.25) is 5.56 Å². The van der Waals surface area contributed by atoms with Gasteiger partial charge in [-0.3, -0.25) is 4.79 Å². The first-order chi connectivity index (χ1) is 7.70. The summed E-state index contributed by atoms with van der Waals surface area (Å²) < 4.78 is 5.13. The number of ether oxygens (including phenoxy) is 1. The Morgan fingerprint density at radius 2 is 1.94 bits per heavy atom. The molecule has 16 heavy (non-hydrogen) atoms. The first-order valence-electron chi connectivity index (χ1n) is 4.83. The van der Waals surface area contributed by atoms with Gasteiger partial charge in [0, 0.05) is 12.3 Å². The first-order valence-corrected chi connectivity index (χ1v) is 4.83. The van der Waals surface area contributed by atoms with E-state index in [1.165, 1.54) is 6.07 Å². The number of benzene rings is 1. The maximum absolute atomic E-state index is 10.9. The van der Waals surface area contributed by atoms with Gasteiger partial charge in [-0.25, -0.2) is 0 Å². The quantitative estimate of drug-likeness (QED) is 0.750. The van der Waals surface area contributed by atoms with E-state index in [0.29, 0.717) is 11.4 Å². The number of H-pyrrole nitrogens is 1. The van der Waals surface area contributed by atoms with E-state index in [-0.39, 0.29) is 5.56 Å². The molecule has 1 aromatic carbocycles. The fraction of sp³-hybridized carbons (Fsp3) is 0.0833. The van der Waals surface area contributed by atoms with Crippen LogP contribution < -0.4 is 16.0 Å². The van der Waals surface area contributed by atoms with Crippen LogP contribution in [0.25, 0.3) is 11.1 Å². The van der Waals surface area contributed by atoms with Crippen LogP contribution in [0, 0.1) is 0 Å². The zero-order chi connectivity index (χ0) is 11.5. The van der Waals surface area contributed by atoms with Crippen molar-refractivity contribution in [2.24, 2.45) is 0 Å². The van der Waals surface area contributed by atoms with Crippen molar-refractivity contribution in [3.8, 4) is 16.9 Å². The topological polar surface area (TPSA) is 68.1 Å². The molecule has 0 amide bonds. The van der Waals surface area contributed by atoms with Crippen LogP contribution in [-0.4, -0.2) is 12.1 Å².